The van der Waals surface area contributed by atoms with Gasteiger partial charge in [-0.2, -0.15) is 5.10 Å². The zero-order valence-electron chi connectivity index (χ0n) is 19.9. The molecular formula is C24H36N6O2. The summed E-state index contributed by atoms with van der Waals surface area (Å²) in [5.41, 5.74) is 4.50. The van der Waals surface area contributed by atoms with Crippen LogP contribution in [0.1, 0.15) is 35.4 Å². The van der Waals surface area contributed by atoms with Gasteiger partial charge in [0.15, 0.2) is 5.96 Å². The van der Waals surface area contributed by atoms with Crippen molar-refractivity contribution < 1.29 is 9.53 Å². The molecule has 1 fully saturated rings. The van der Waals surface area contributed by atoms with Crippen LogP contribution in [-0.2, 0) is 23.0 Å². The molecule has 1 saturated heterocycles. The van der Waals surface area contributed by atoms with E-state index in [1.165, 1.54) is 11.3 Å². The summed E-state index contributed by atoms with van der Waals surface area (Å²) in [5.74, 6) is 0.524. The van der Waals surface area contributed by atoms with Gasteiger partial charge in [-0.25, -0.2) is 0 Å². The number of aromatic nitrogens is 2. The maximum atomic E-state index is 13.3. The van der Waals surface area contributed by atoms with Gasteiger partial charge in [-0.3, -0.25) is 14.5 Å². The molecule has 8 heteroatoms. The Morgan fingerprint density at radius 1 is 1.22 bits per heavy atom. The Hall–Kier alpha value is -2.87. The van der Waals surface area contributed by atoms with Crippen molar-refractivity contribution in [3.63, 3.8) is 0 Å². The number of nitrogens with zero attached hydrogens (tertiary/aromatic N) is 4. The number of aryl methyl sites for hydroxylation is 2. The number of carbonyl (C=O) groups excluding carboxylic acids is 1. The Balaban J connectivity index is 1.65. The number of nitrogens with one attached hydrogen (secondary N) is 2. The number of carbonyl (C=O) groups is 1. The molecule has 32 heavy (non-hydrogen) atoms. The van der Waals surface area contributed by atoms with Crippen LogP contribution in [0.4, 0.5) is 0 Å². The molecule has 2 unspecified atom stereocenters. The van der Waals surface area contributed by atoms with Gasteiger partial charge in [0.1, 0.15) is 0 Å². The van der Waals surface area contributed by atoms with E-state index in [9.17, 15) is 4.79 Å². The molecular weight excluding hydrogens is 404 g/mol. The lowest BCUT2D eigenvalue weighted by Gasteiger charge is -2.31. The molecule has 0 bridgehead atoms. The Labute approximate surface area is 191 Å². The zero-order valence-corrected chi connectivity index (χ0v) is 19.9. The Bertz CT molecular complexity index is 918. The molecule has 0 aliphatic carbocycles. The van der Waals surface area contributed by atoms with E-state index in [0.29, 0.717) is 38.8 Å². The maximum absolute atomic E-state index is 13.3. The average Bonchev–Trinajstić information content (AvgIpc) is 3.05. The standard InChI is InChI=1S/C24H36N6O2/c1-17(15-21-18(2)28-29(5)19(21)3)27-24(25-4)26-16-22(20-9-7-6-8-10-20)23(31)30-11-13-32-14-12-30/h6-10,17,22H,11-16H2,1-5H3,(H2,25,26,27). The van der Waals surface area contributed by atoms with Gasteiger partial charge in [0.2, 0.25) is 5.91 Å². The van der Waals surface area contributed by atoms with Crippen LogP contribution in [0.25, 0.3) is 0 Å². The van der Waals surface area contributed by atoms with Crippen molar-refractivity contribution in [1.82, 2.24) is 25.3 Å². The van der Waals surface area contributed by atoms with E-state index in [0.717, 1.165) is 17.7 Å². The van der Waals surface area contributed by atoms with Crippen molar-refractivity contribution in [2.75, 3.05) is 39.9 Å². The first-order valence-corrected chi connectivity index (χ1v) is 11.3. The number of ether oxygens (including phenoxy) is 1. The van der Waals surface area contributed by atoms with Crippen molar-refractivity contribution in [3.8, 4) is 0 Å². The molecule has 2 atom stereocenters. The van der Waals surface area contributed by atoms with Crippen LogP contribution in [0.15, 0.2) is 35.3 Å². The Kier molecular flexibility index (Phi) is 8.27. The number of aliphatic imine (C=N–C) groups is 1. The van der Waals surface area contributed by atoms with Crippen LogP contribution in [0.2, 0.25) is 0 Å². The van der Waals surface area contributed by atoms with Crippen LogP contribution >= 0.6 is 0 Å². The van der Waals surface area contributed by atoms with E-state index in [-0.39, 0.29) is 17.9 Å². The number of rotatable bonds is 7. The van der Waals surface area contributed by atoms with E-state index in [4.69, 9.17) is 4.74 Å². The van der Waals surface area contributed by atoms with Crippen molar-refractivity contribution in [3.05, 3.63) is 52.8 Å². The van der Waals surface area contributed by atoms with Gasteiger partial charge in [-0.15, -0.1) is 0 Å². The molecule has 1 aliphatic heterocycles. The zero-order chi connectivity index (χ0) is 23.1. The topological polar surface area (TPSA) is 83.8 Å². The first-order chi connectivity index (χ1) is 15.4. The van der Waals surface area contributed by atoms with Crippen molar-refractivity contribution >= 4 is 11.9 Å². The molecule has 8 nitrogen and oxygen atoms in total. The van der Waals surface area contributed by atoms with Gasteiger partial charge < -0.3 is 20.3 Å². The van der Waals surface area contributed by atoms with Crippen molar-refractivity contribution in [2.24, 2.45) is 12.0 Å². The van der Waals surface area contributed by atoms with Crippen molar-refractivity contribution in [2.45, 2.75) is 39.2 Å². The van der Waals surface area contributed by atoms with E-state index in [2.05, 4.69) is 34.6 Å². The minimum atomic E-state index is -0.286. The number of guanidine groups is 1. The first-order valence-electron chi connectivity index (χ1n) is 11.3. The summed E-state index contributed by atoms with van der Waals surface area (Å²) in [4.78, 5) is 19.6. The summed E-state index contributed by atoms with van der Waals surface area (Å²) < 4.78 is 7.34. The third-order valence-corrected chi connectivity index (χ3v) is 6.07. The predicted molar refractivity (Wildman–Crippen MR) is 127 cm³/mol. The number of amides is 1. The summed E-state index contributed by atoms with van der Waals surface area (Å²) in [5, 5.41) is 11.4. The number of hydrogen-bond acceptors (Lipinski definition) is 4. The second-order valence-corrected chi connectivity index (χ2v) is 8.38. The number of benzene rings is 1. The largest absolute Gasteiger partial charge is 0.378 e. The fourth-order valence-electron chi connectivity index (χ4n) is 4.13. The van der Waals surface area contributed by atoms with Crippen LogP contribution in [0.5, 0.6) is 0 Å². The molecule has 0 spiro atoms. The minimum absolute atomic E-state index is 0.122. The van der Waals surface area contributed by atoms with Crippen LogP contribution in [0.3, 0.4) is 0 Å². The number of morpholine rings is 1. The molecule has 1 amide bonds. The highest BCUT2D eigenvalue weighted by Crippen LogP contribution is 2.19. The molecule has 1 aromatic heterocycles. The van der Waals surface area contributed by atoms with E-state index >= 15 is 0 Å². The Morgan fingerprint density at radius 3 is 2.50 bits per heavy atom. The molecule has 1 aromatic carbocycles. The fourth-order valence-corrected chi connectivity index (χ4v) is 4.13. The minimum Gasteiger partial charge on any atom is -0.378 e. The van der Waals surface area contributed by atoms with Crippen molar-refractivity contribution in [1.29, 1.82) is 0 Å². The molecule has 2 N–H and O–H groups in total. The lowest BCUT2D eigenvalue weighted by Crippen LogP contribution is -2.48. The highest BCUT2D eigenvalue weighted by molar-refractivity contribution is 5.86. The monoisotopic (exact) mass is 440 g/mol. The van der Waals surface area contributed by atoms with E-state index in [1.807, 2.05) is 53.9 Å². The lowest BCUT2D eigenvalue weighted by atomic mass is 9.97. The van der Waals surface area contributed by atoms with Gasteiger partial charge in [-0.05, 0) is 38.3 Å². The summed E-state index contributed by atoms with van der Waals surface area (Å²) in [6, 6.07) is 10.1. The molecule has 0 saturated carbocycles. The SMILES string of the molecule is CN=C(NCC(C(=O)N1CCOCC1)c1ccccc1)NC(C)Cc1c(C)nn(C)c1C. The normalized spacial score (nSPS) is 16.5. The van der Waals surface area contributed by atoms with Gasteiger partial charge in [0, 0.05) is 45.5 Å². The highest BCUT2D eigenvalue weighted by Gasteiger charge is 2.27. The maximum Gasteiger partial charge on any atom is 0.232 e. The lowest BCUT2D eigenvalue weighted by molar-refractivity contribution is -0.136. The van der Waals surface area contributed by atoms with E-state index < -0.39 is 0 Å². The quantitative estimate of drug-likeness (QED) is 0.507. The third kappa shape index (κ3) is 5.88. The number of hydrogen-bond donors (Lipinski definition) is 2. The first kappa shape index (κ1) is 23.8. The average molecular weight is 441 g/mol. The van der Waals surface area contributed by atoms with Gasteiger partial charge >= 0.3 is 0 Å². The summed E-state index contributed by atoms with van der Waals surface area (Å²) in [6.45, 7) is 9.19. The third-order valence-electron chi connectivity index (χ3n) is 6.07. The Morgan fingerprint density at radius 2 is 1.91 bits per heavy atom. The van der Waals surface area contributed by atoms with E-state index in [1.54, 1.807) is 7.05 Å². The van der Waals surface area contributed by atoms with Crippen LogP contribution in [-0.4, -0.2) is 72.5 Å². The molecule has 2 aromatic rings. The molecule has 0 radical (unpaired) electrons. The van der Waals surface area contributed by atoms with Gasteiger partial charge in [-0.1, -0.05) is 30.3 Å². The smallest absolute Gasteiger partial charge is 0.232 e. The second kappa shape index (κ2) is 11.1. The van der Waals surface area contributed by atoms with Gasteiger partial charge in [0.25, 0.3) is 0 Å². The van der Waals surface area contributed by atoms with Crippen LogP contribution in [0, 0.1) is 13.8 Å². The summed E-state index contributed by atoms with van der Waals surface area (Å²) >= 11 is 0. The summed E-state index contributed by atoms with van der Waals surface area (Å²) in [6.07, 6.45) is 0.848. The molecule has 3 rings (SSSR count). The van der Waals surface area contributed by atoms with Crippen LogP contribution < -0.4 is 10.6 Å². The molecule has 2 heterocycles. The molecule has 1 aliphatic rings. The van der Waals surface area contributed by atoms with Gasteiger partial charge in [0.05, 0.1) is 24.8 Å². The molecule has 174 valence electrons. The fraction of sp³-hybridized carbons (Fsp3) is 0.542. The predicted octanol–water partition coefficient (Wildman–Crippen LogP) is 1.78. The summed E-state index contributed by atoms with van der Waals surface area (Å²) in [7, 11) is 3.73. The second-order valence-electron chi connectivity index (χ2n) is 8.38. The highest BCUT2D eigenvalue weighted by atomic mass is 16.5.